The number of nitrogens with zero attached hydrogens (tertiary/aromatic N) is 3. The van der Waals surface area contributed by atoms with E-state index < -0.39 is 0 Å². The molecule has 96 valence electrons. The normalized spacial score (nSPS) is 11.1. The predicted octanol–water partition coefficient (Wildman–Crippen LogP) is 2.13. The molecule has 5 heteroatoms. The quantitative estimate of drug-likeness (QED) is 0.880. The van der Waals surface area contributed by atoms with Crippen molar-refractivity contribution >= 4 is 16.7 Å². The summed E-state index contributed by atoms with van der Waals surface area (Å²) in [4.78, 5) is 10.3. The Kier molecular flexibility index (Phi) is 4.04. The van der Waals surface area contributed by atoms with E-state index in [4.69, 9.17) is 0 Å². The molecule has 0 aliphatic heterocycles. The third-order valence-corrected chi connectivity index (χ3v) is 2.94. The lowest BCUT2D eigenvalue weighted by Gasteiger charge is -2.14. The molecule has 0 saturated carbocycles. The van der Waals surface area contributed by atoms with E-state index in [9.17, 15) is 4.39 Å². The number of benzene rings is 1. The first-order valence-electron chi connectivity index (χ1n) is 6.04. The molecular formula is C13H17FN4. The molecule has 0 unspecified atom stereocenters. The molecule has 0 atom stereocenters. The fourth-order valence-corrected chi connectivity index (χ4v) is 1.72. The fraction of sp³-hybridized carbons (Fsp3) is 0.385. The lowest BCUT2D eigenvalue weighted by Crippen LogP contribution is -2.25. The Labute approximate surface area is 106 Å². The largest absolute Gasteiger partial charge is 0.368 e. The molecule has 1 aromatic heterocycles. The van der Waals surface area contributed by atoms with E-state index in [0.29, 0.717) is 11.3 Å². The Hall–Kier alpha value is -1.75. The highest BCUT2D eigenvalue weighted by atomic mass is 19.1. The third-order valence-electron chi connectivity index (χ3n) is 2.94. The van der Waals surface area contributed by atoms with Crippen LogP contribution in [0.1, 0.15) is 6.92 Å². The van der Waals surface area contributed by atoms with Crippen LogP contribution < -0.4 is 5.32 Å². The molecule has 1 heterocycles. The number of aromatic nitrogens is 2. The number of nitrogens with one attached hydrogen (secondary N) is 1. The molecule has 0 saturated heterocycles. The minimum atomic E-state index is -0.316. The maximum atomic E-state index is 13.5. The third kappa shape index (κ3) is 2.73. The average Bonchev–Trinajstić information content (AvgIpc) is 2.39. The van der Waals surface area contributed by atoms with Crippen LogP contribution in [-0.4, -0.2) is 41.5 Å². The second-order valence-electron chi connectivity index (χ2n) is 4.18. The molecular weight excluding hydrogens is 231 g/mol. The Morgan fingerprint density at radius 2 is 2.17 bits per heavy atom. The van der Waals surface area contributed by atoms with Crippen LogP contribution in [0.4, 0.5) is 10.2 Å². The molecule has 18 heavy (non-hydrogen) atoms. The monoisotopic (exact) mass is 248 g/mol. The van der Waals surface area contributed by atoms with Gasteiger partial charge >= 0.3 is 0 Å². The van der Waals surface area contributed by atoms with Gasteiger partial charge in [-0.15, -0.1) is 0 Å². The Balaban J connectivity index is 2.16. The van der Waals surface area contributed by atoms with E-state index in [1.807, 2.05) is 6.07 Å². The van der Waals surface area contributed by atoms with Gasteiger partial charge < -0.3 is 10.2 Å². The first kappa shape index (κ1) is 12.7. The fourth-order valence-electron chi connectivity index (χ4n) is 1.72. The van der Waals surface area contributed by atoms with Gasteiger partial charge in [0.05, 0.1) is 0 Å². The van der Waals surface area contributed by atoms with Gasteiger partial charge in [-0.3, -0.25) is 0 Å². The molecule has 0 amide bonds. The van der Waals surface area contributed by atoms with E-state index in [-0.39, 0.29) is 5.82 Å². The van der Waals surface area contributed by atoms with E-state index in [0.717, 1.165) is 25.0 Å². The summed E-state index contributed by atoms with van der Waals surface area (Å²) in [5.41, 5.74) is 0.360. The first-order chi connectivity index (χ1) is 8.72. The van der Waals surface area contributed by atoms with Gasteiger partial charge in [-0.1, -0.05) is 13.0 Å². The summed E-state index contributed by atoms with van der Waals surface area (Å²) in [7, 11) is 2.05. The van der Waals surface area contributed by atoms with Gasteiger partial charge in [0, 0.05) is 18.5 Å². The Morgan fingerprint density at radius 1 is 1.33 bits per heavy atom. The van der Waals surface area contributed by atoms with E-state index >= 15 is 0 Å². The summed E-state index contributed by atoms with van der Waals surface area (Å²) in [6, 6.07) is 4.90. The van der Waals surface area contributed by atoms with Gasteiger partial charge in [0.25, 0.3) is 0 Å². The maximum absolute atomic E-state index is 13.5. The summed E-state index contributed by atoms with van der Waals surface area (Å²) < 4.78 is 13.5. The van der Waals surface area contributed by atoms with Crippen molar-refractivity contribution in [3.8, 4) is 0 Å². The number of para-hydroxylation sites is 1. The zero-order valence-electron chi connectivity index (χ0n) is 10.7. The van der Waals surface area contributed by atoms with Crippen LogP contribution >= 0.6 is 0 Å². The highest BCUT2D eigenvalue weighted by Gasteiger charge is 2.06. The molecule has 0 spiro atoms. The van der Waals surface area contributed by atoms with Crippen LogP contribution in [0.3, 0.4) is 0 Å². The SMILES string of the molecule is CCN(C)CCNc1ncnc2c(F)cccc12. The van der Waals surface area contributed by atoms with Crippen molar-refractivity contribution in [1.29, 1.82) is 0 Å². The molecule has 0 radical (unpaired) electrons. The van der Waals surface area contributed by atoms with Crippen molar-refractivity contribution in [2.24, 2.45) is 0 Å². The molecule has 1 N–H and O–H groups in total. The molecule has 4 nitrogen and oxygen atoms in total. The minimum Gasteiger partial charge on any atom is -0.368 e. The lowest BCUT2D eigenvalue weighted by atomic mass is 10.2. The molecule has 0 aliphatic rings. The standard InChI is InChI=1S/C13H17FN4/c1-3-18(2)8-7-15-13-10-5-4-6-11(14)12(10)16-9-17-13/h4-6,9H,3,7-8H2,1-2H3,(H,15,16,17). The Morgan fingerprint density at radius 3 is 2.94 bits per heavy atom. The second kappa shape index (κ2) is 5.73. The summed E-state index contributed by atoms with van der Waals surface area (Å²) in [6.07, 6.45) is 1.39. The Bertz CT molecular complexity index is 529. The summed E-state index contributed by atoms with van der Waals surface area (Å²) in [5, 5.41) is 3.94. The van der Waals surface area contributed by atoms with Crippen LogP contribution in [0.15, 0.2) is 24.5 Å². The molecule has 0 fully saturated rings. The summed E-state index contributed by atoms with van der Waals surface area (Å²) in [6.45, 7) is 4.79. The van der Waals surface area contributed by atoms with Crippen LogP contribution in [0.2, 0.25) is 0 Å². The van der Waals surface area contributed by atoms with E-state index in [1.165, 1.54) is 12.4 Å². The van der Waals surface area contributed by atoms with Crippen LogP contribution in [0.25, 0.3) is 10.9 Å². The van der Waals surface area contributed by atoms with Gasteiger partial charge in [-0.05, 0) is 25.7 Å². The zero-order valence-corrected chi connectivity index (χ0v) is 10.7. The van der Waals surface area contributed by atoms with Crippen LogP contribution in [0.5, 0.6) is 0 Å². The molecule has 1 aromatic carbocycles. The van der Waals surface area contributed by atoms with Gasteiger partial charge in [0.2, 0.25) is 0 Å². The van der Waals surface area contributed by atoms with Gasteiger partial charge in [0.1, 0.15) is 23.5 Å². The number of likely N-dealkylation sites (N-methyl/N-ethyl adjacent to an activating group) is 1. The first-order valence-corrected chi connectivity index (χ1v) is 6.04. The van der Waals surface area contributed by atoms with Gasteiger partial charge in [-0.25, -0.2) is 14.4 Å². The topological polar surface area (TPSA) is 41.0 Å². The second-order valence-corrected chi connectivity index (χ2v) is 4.18. The number of fused-ring (bicyclic) bond motifs is 1. The maximum Gasteiger partial charge on any atom is 0.149 e. The highest BCUT2D eigenvalue weighted by molar-refractivity contribution is 5.89. The molecule has 2 rings (SSSR count). The number of anilines is 1. The summed E-state index contributed by atoms with van der Waals surface area (Å²) >= 11 is 0. The minimum absolute atomic E-state index is 0.316. The van der Waals surface area contributed by atoms with Crippen molar-refractivity contribution in [3.05, 3.63) is 30.3 Å². The zero-order chi connectivity index (χ0) is 13.0. The van der Waals surface area contributed by atoms with Gasteiger partial charge in [-0.2, -0.15) is 0 Å². The smallest absolute Gasteiger partial charge is 0.149 e. The van der Waals surface area contributed by atoms with Crippen molar-refractivity contribution in [2.75, 3.05) is 32.0 Å². The molecule has 0 bridgehead atoms. The van der Waals surface area contributed by atoms with Crippen LogP contribution in [-0.2, 0) is 0 Å². The summed E-state index contributed by atoms with van der Waals surface area (Å²) in [5.74, 6) is 0.368. The predicted molar refractivity (Wildman–Crippen MR) is 71.2 cm³/mol. The van der Waals surface area contributed by atoms with Crippen molar-refractivity contribution < 1.29 is 4.39 Å². The van der Waals surface area contributed by atoms with Crippen molar-refractivity contribution in [3.63, 3.8) is 0 Å². The number of hydrogen-bond donors (Lipinski definition) is 1. The average molecular weight is 248 g/mol. The number of hydrogen-bond acceptors (Lipinski definition) is 4. The van der Waals surface area contributed by atoms with Crippen molar-refractivity contribution in [1.82, 2.24) is 14.9 Å². The lowest BCUT2D eigenvalue weighted by molar-refractivity contribution is 0.367. The molecule has 0 aliphatic carbocycles. The van der Waals surface area contributed by atoms with E-state index in [2.05, 4.69) is 34.2 Å². The van der Waals surface area contributed by atoms with E-state index in [1.54, 1.807) is 6.07 Å². The van der Waals surface area contributed by atoms with Crippen LogP contribution in [0, 0.1) is 5.82 Å². The highest BCUT2D eigenvalue weighted by Crippen LogP contribution is 2.20. The molecule has 2 aromatic rings. The number of halogens is 1. The number of rotatable bonds is 5. The van der Waals surface area contributed by atoms with Gasteiger partial charge in [0.15, 0.2) is 0 Å². The van der Waals surface area contributed by atoms with Crippen molar-refractivity contribution in [2.45, 2.75) is 6.92 Å².